The van der Waals surface area contributed by atoms with Gasteiger partial charge in [-0.2, -0.15) is 0 Å². The largest absolute Gasteiger partial charge is 0.507 e. The Morgan fingerprint density at radius 3 is 0.492 bits per heavy atom. The zero-order valence-electron chi connectivity index (χ0n) is 44.0. The van der Waals surface area contributed by atoms with Crippen molar-refractivity contribution in [3.8, 4) is 23.0 Å². The molecule has 4 nitrogen and oxygen atoms in total. The van der Waals surface area contributed by atoms with E-state index in [2.05, 4.69) is 159 Å². The fourth-order valence-corrected chi connectivity index (χ4v) is 10.6. The third-order valence-corrected chi connectivity index (χ3v) is 12.7. The number of benzene rings is 4. The molecule has 4 aromatic rings. The number of hydrogen-bond donors (Lipinski definition) is 4. The van der Waals surface area contributed by atoms with Crippen LogP contribution in [0.3, 0.4) is 0 Å². The molecular formula is C61H92O4. The molecule has 0 spiro atoms. The van der Waals surface area contributed by atoms with Crippen LogP contribution in [0.4, 0.5) is 0 Å². The van der Waals surface area contributed by atoms with E-state index in [-0.39, 0.29) is 5.41 Å². The average Bonchev–Trinajstić information content (AvgIpc) is 3.14. The van der Waals surface area contributed by atoms with Gasteiger partial charge < -0.3 is 20.4 Å². The van der Waals surface area contributed by atoms with Crippen LogP contribution in [0.2, 0.25) is 0 Å². The fraction of sp³-hybridized carbons (Fsp3) is 0.607. The first-order valence-electron chi connectivity index (χ1n) is 25.7. The highest BCUT2D eigenvalue weighted by Gasteiger charge is 2.35. The molecule has 0 bridgehead atoms. The van der Waals surface area contributed by atoms with Gasteiger partial charge in [-0.3, -0.25) is 0 Å². The van der Waals surface area contributed by atoms with Gasteiger partial charge in [0.25, 0.3) is 0 Å². The summed E-state index contributed by atoms with van der Waals surface area (Å²) in [5.74, 6) is 4.86. The summed E-state index contributed by atoms with van der Waals surface area (Å²) >= 11 is 0. The van der Waals surface area contributed by atoms with Crippen LogP contribution >= 0.6 is 0 Å². The van der Waals surface area contributed by atoms with E-state index in [1.165, 1.54) is 22.3 Å². The average molecular weight is 889 g/mol. The molecule has 0 atom stereocenters. The molecule has 0 saturated heterocycles. The molecule has 0 saturated carbocycles. The second-order valence-electron chi connectivity index (χ2n) is 24.0. The topological polar surface area (TPSA) is 80.9 Å². The van der Waals surface area contributed by atoms with E-state index in [0.29, 0.717) is 70.3 Å². The highest BCUT2D eigenvalue weighted by Crippen LogP contribution is 2.43. The van der Waals surface area contributed by atoms with Gasteiger partial charge >= 0.3 is 0 Å². The summed E-state index contributed by atoms with van der Waals surface area (Å²) in [6.07, 6.45) is 9.49. The summed E-state index contributed by atoms with van der Waals surface area (Å²) in [6.45, 7) is 35.7. The number of hydrogen-bond acceptors (Lipinski definition) is 4. The van der Waals surface area contributed by atoms with Gasteiger partial charge in [0.1, 0.15) is 23.0 Å². The molecule has 4 N–H and O–H groups in total. The Kier molecular flexibility index (Phi) is 19.6. The first-order valence-corrected chi connectivity index (χ1v) is 25.7. The number of phenols is 4. The Morgan fingerprint density at radius 1 is 0.262 bits per heavy atom. The highest BCUT2D eigenvalue weighted by molar-refractivity contribution is 5.50. The van der Waals surface area contributed by atoms with Gasteiger partial charge in [-0.1, -0.05) is 159 Å². The van der Waals surface area contributed by atoms with Crippen molar-refractivity contribution in [2.45, 2.75) is 188 Å². The van der Waals surface area contributed by atoms with Crippen molar-refractivity contribution in [2.75, 3.05) is 0 Å². The van der Waals surface area contributed by atoms with E-state index in [0.717, 1.165) is 122 Å². The molecular weight excluding hydrogens is 797 g/mol. The Hall–Kier alpha value is -3.92. The molecule has 4 heteroatoms. The lowest BCUT2D eigenvalue weighted by atomic mass is 9.67. The van der Waals surface area contributed by atoms with Gasteiger partial charge in [-0.15, -0.1) is 0 Å². The Morgan fingerprint density at radius 2 is 0.385 bits per heavy atom. The maximum Gasteiger partial charge on any atom is 0.121 e. The minimum Gasteiger partial charge on any atom is -0.507 e. The molecule has 0 amide bonds. The van der Waals surface area contributed by atoms with Crippen molar-refractivity contribution in [2.24, 2.45) is 52.8 Å². The summed E-state index contributed by atoms with van der Waals surface area (Å²) in [5.41, 5.74) is 12.8. The zero-order chi connectivity index (χ0) is 48.5. The predicted octanol–water partition coefficient (Wildman–Crippen LogP) is 15.4. The third kappa shape index (κ3) is 16.1. The summed E-state index contributed by atoms with van der Waals surface area (Å²) in [5, 5.41) is 47.3. The van der Waals surface area contributed by atoms with Crippen molar-refractivity contribution in [3.63, 3.8) is 0 Å². The first kappa shape index (κ1) is 53.7. The normalized spacial score (nSPS) is 12.6. The molecule has 0 unspecified atom stereocenters. The van der Waals surface area contributed by atoms with Gasteiger partial charge in [0.2, 0.25) is 0 Å². The minimum absolute atomic E-state index is 0.384. The Balaban J connectivity index is 2.19. The summed E-state index contributed by atoms with van der Waals surface area (Å²) in [4.78, 5) is 0. The van der Waals surface area contributed by atoms with E-state index in [1.807, 2.05) is 0 Å². The molecule has 0 radical (unpaired) electrons. The van der Waals surface area contributed by atoms with E-state index in [4.69, 9.17) is 0 Å². The van der Waals surface area contributed by atoms with E-state index >= 15 is 0 Å². The van der Waals surface area contributed by atoms with Crippen LogP contribution in [0.1, 0.15) is 178 Å². The molecule has 0 aliphatic carbocycles. The second-order valence-corrected chi connectivity index (χ2v) is 24.0. The maximum atomic E-state index is 11.8. The van der Waals surface area contributed by atoms with Crippen LogP contribution in [-0.2, 0) is 77.0 Å². The van der Waals surface area contributed by atoms with Crippen molar-refractivity contribution in [3.05, 3.63) is 115 Å². The molecule has 0 aromatic heterocycles. The standard InChI is InChI=1S/C61H92O4/c1-37(2)17-49-25-45(26-50(57(49)62)18-38(3)4)33-61(34-46-27-51(19-39(5)6)58(63)52(28-46)20-40(7)8,35-47-29-53(21-41(9)10)59(64)54(30-47)22-42(11)12)36-48-31-55(23-43(13)14)60(65)56(32-48)24-44(15)16/h25-32,37-44,62-65H,17-24,33-36H2,1-16H3. The van der Waals surface area contributed by atoms with Crippen LogP contribution in [0, 0.1) is 52.8 Å². The second kappa shape index (κ2) is 23.7. The van der Waals surface area contributed by atoms with Gasteiger partial charge in [0.15, 0.2) is 0 Å². The lowest BCUT2D eigenvalue weighted by Crippen LogP contribution is -2.33. The summed E-state index contributed by atoms with van der Waals surface area (Å²) in [6, 6.07) is 18.4. The molecule has 4 aromatic carbocycles. The Bertz CT molecular complexity index is 1710. The lowest BCUT2D eigenvalue weighted by Gasteiger charge is -2.37. The molecule has 360 valence electrons. The SMILES string of the molecule is CC(C)Cc1cc(CC(Cc2cc(CC(C)C)c(O)c(CC(C)C)c2)(Cc2cc(CC(C)C)c(O)c(CC(C)C)c2)Cc2cc(CC(C)C)c(O)c(CC(C)C)c2)cc(CC(C)C)c1O. The highest BCUT2D eigenvalue weighted by atomic mass is 16.3. The molecule has 65 heavy (non-hydrogen) atoms. The third-order valence-electron chi connectivity index (χ3n) is 12.7. The van der Waals surface area contributed by atoms with Crippen LogP contribution in [0.15, 0.2) is 48.5 Å². The molecule has 4 rings (SSSR count). The molecule has 0 aliphatic rings. The smallest absolute Gasteiger partial charge is 0.121 e. The first-order chi connectivity index (χ1) is 30.3. The van der Waals surface area contributed by atoms with Gasteiger partial charge in [0.05, 0.1) is 0 Å². The number of aromatic hydroxyl groups is 4. The Labute approximate surface area is 397 Å². The fourth-order valence-electron chi connectivity index (χ4n) is 10.6. The van der Waals surface area contributed by atoms with Gasteiger partial charge in [-0.25, -0.2) is 0 Å². The number of rotatable bonds is 24. The maximum absolute atomic E-state index is 11.8. The zero-order valence-corrected chi connectivity index (χ0v) is 44.0. The van der Waals surface area contributed by atoms with Crippen LogP contribution < -0.4 is 0 Å². The van der Waals surface area contributed by atoms with Crippen LogP contribution in [-0.4, -0.2) is 20.4 Å². The minimum atomic E-state index is -0.384. The van der Waals surface area contributed by atoms with E-state index in [1.54, 1.807) is 0 Å². The van der Waals surface area contributed by atoms with Gasteiger partial charge in [-0.05, 0) is 197 Å². The summed E-state index contributed by atoms with van der Waals surface area (Å²) < 4.78 is 0. The van der Waals surface area contributed by atoms with Crippen LogP contribution in [0.5, 0.6) is 23.0 Å². The monoisotopic (exact) mass is 889 g/mol. The van der Waals surface area contributed by atoms with Crippen molar-refractivity contribution < 1.29 is 20.4 Å². The number of phenolic OH excluding ortho intramolecular Hbond substituents is 4. The molecule has 0 fully saturated rings. The lowest BCUT2D eigenvalue weighted by molar-refractivity contribution is 0.274. The molecule has 0 aliphatic heterocycles. The van der Waals surface area contributed by atoms with E-state index < -0.39 is 0 Å². The van der Waals surface area contributed by atoms with Gasteiger partial charge in [0, 0.05) is 0 Å². The van der Waals surface area contributed by atoms with Crippen molar-refractivity contribution in [1.82, 2.24) is 0 Å². The quantitative estimate of drug-likeness (QED) is 0.0565. The predicted molar refractivity (Wildman–Crippen MR) is 278 cm³/mol. The molecule has 0 heterocycles. The van der Waals surface area contributed by atoms with Crippen molar-refractivity contribution >= 4 is 0 Å². The van der Waals surface area contributed by atoms with Crippen molar-refractivity contribution in [1.29, 1.82) is 0 Å². The van der Waals surface area contributed by atoms with Crippen LogP contribution in [0.25, 0.3) is 0 Å². The van der Waals surface area contributed by atoms with E-state index in [9.17, 15) is 20.4 Å². The summed E-state index contributed by atoms with van der Waals surface area (Å²) in [7, 11) is 0.